The molecule has 3 aliphatic heterocycles. The summed E-state index contributed by atoms with van der Waals surface area (Å²) < 4.78 is 10.5. The van der Waals surface area contributed by atoms with Gasteiger partial charge in [0.25, 0.3) is 11.9 Å². The van der Waals surface area contributed by atoms with E-state index in [1.54, 1.807) is 0 Å². The highest BCUT2D eigenvalue weighted by Gasteiger charge is 2.25. The Kier molecular flexibility index (Phi) is 6.55. The van der Waals surface area contributed by atoms with Crippen LogP contribution in [0.4, 0.5) is 5.95 Å². The van der Waals surface area contributed by atoms with Gasteiger partial charge in [-0.2, -0.15) is 0 Å². The highest BCUT2D eigenvalue weighted by Crippen LogP contribution is 2.34. The zero-order valence-electron chi connectivity index (χ0n) is 21.3. The van der Waals surface area contributed by atoms with Gasteiger partial charge < -0.3 is 15.0 Å². The van der Waals surface area contributed by atoms with Gasteiger partial charge in [0.05, 0.1) is 35.9 Å². The number of morpholine rings is 1. The summed E-state index contributed by atoms with van der Waals surface area (Å²) in [5.74, 6) is 1.22. The Morgan fingerprint density at radius 1 is 1.03 bits per heavy atom. The fourth-order valence-electron chi connectivity index (χ4n) is 5.47. The predicted octanol–water partition coefficient (Wildman–Crippen LogP) is 2.68. The fourth-order valence-corrected chi connectivity index (χ4v) is 5.47. The molecule has 36 heavy (non-hydrogen) atoms. The fraction of sp³-hybridized carbons (Fsp3) is 0.448. The highest BCUT2D eigenvalue weighted by atomic mass is 16.5. The van der Waals surface area contributed by atoms with Gasteiger partial charge in [0.1, 0.15) is 0 Å². The van der Waals surface area contributed by atoms with Gasteiger partial charge in [-0.25, -0.2) is 9.97 Å². The molecule has 6 rings (SSSR count). The minimum Gasteiger partial charge on any atom is -0.378 e. The van der Waals surface area contributed by atoms with E-state index in [4.69, 9.17) is 19.4 Å². The third-order valence-corrected chi connectivity index (χ3v) is 7.78. The molecule has 1 unspecified atom stereocenters. The highest BCUT2D eigenvalue weighted by molar-refractivity contribution is 6.02. The van der Waals surface area contributed by atoms with Crippen molar-refractivity contribution in [1.29, 1.82) is 0 Å². The summed E-state index contributed by atoms with van der Waals surface area (Å²) >= 11 is 0. The van der Waals surface area contributed by atoms with E-state index in [9.17, 15) is 0 Å². The lowest BCUT2D eigenvalue weighted by atomic mass is 9.91. The average molecular weight is 484 g/mol. The number of aromatic nitrogens is 2. The predicted molar refractivity (Wildman–Crippen MR) is 147 cm³/mol. The van der Waals surface area contributed by atoms with Crippen LogP contribution >= 0.6 is 0 Å². The van der Waals surface area contributed by atoms with E-state index in [1.165, 1.54) is 22.4 Å². The number of rotatable bonds is 4. The van der Waals surface area contributed by atoms with Crippen molar-refractivity contribution in [2.45, 2.75) is 26.8 Å². The second-order valence-electron chi connectivity index (χ2n) is 10.2. The molecule has 1 aromatic heterocycles. The van der Waals surface area contributed by atoms with Crippen molar-refractivity contribution in [3.05, 3.63) is 53.1 Å². The molecule has 1 N–H and O–H groups in total. The topological polar surface area (TPSA) is 67.6 Å². The van der Waals surface area contributed by atoms with Crippen LogP contribution in [0.3, 0.4) is 0 Å². The average Bonchev–Trinajstić information content (AvgIpc) is 3.07. The number of fused-ring (bicyclic) bond motifs is 2. The van der Waals surface area contributed by atoms with Gasteiger partial charge in [-0.3, -0.25) is 4.90 Å². The first-order valence-electron chi connectivity index (χ1n) is 13.2. The van der Waals surface area contributed by atoms with Crippen LogP contribution in [0, 0.1) is 5.92 Å². The number of nitrogens with one attached hydrogen (secondary N) is 1. The van der Waals surface area contributed by atoms with Gasteiger partial charge in [-0.1, -0.05) is 43.3 Å². The Morgan fingerprint density at radius 2 is 1.83 bits per heavy atom. The minimum atomic E-state index is 0.425. The third-order valence-electron chi connectivity index (χ3n) is 7.78. The third kappa shape index (κ3) is 4.56. The first kappa shape index (κ1) is 23.3. The number of hydrogen-bond donors (Lipinski definition) is 1. The minimum absolute atomic E-state index is 0.425. The number of benzene rings is 2. The van der Waals surface area contributed by atoms with Crippen molar-refractivity contribution in [3.8, 4) is 11.3 Å². The molecule has 3 aliphatic rings. The Labute approximate surface area is 212 Å². The maximum absolute atomic E-state index is 5.63. The van der Waals surface area contributed by atoms with E-state index in [1.807, 2.05) is 0 Å². The zero-order valence-corrected chi connectivity index (χ0v) is 21.3. The van der Waals surface area contributed by atoms with Crippen LogP contribution in [0.5, 0.6) is 0 Å². The Balaban J connectivity index is 1.54. The molecule has 4 heterocycles. The lowest BCUT2D eigenvalue weighted by Crippen LogP contribution is -2.42. The van der Waals surface area contributed by atoms with Gasteiger partial charge >= 0.3 is 0 Å². The monoisotopic (exact) mass is 483 g/mol. The van der Waals surface area contributed by atoms with Crippen LogP contribution in [0.2, 0.25) is 0 Å². The molecule has 2 fully saturated rings. The van der Waals surface area contributed by atoms with Crippen LogP contribution < -0.4 is 14.9 Å². The van der Waals surface area contributed by atoms with E-state index < -0.39 is 0 Å². The summed E-state index contributed by atoms with van der Waals surface area (Å²) in [6.45, 7) is 12.5. The molecule has 7 nitrogen and oxygen atoms in total. The van der Waals surface area contributed by atoms with Crippen LogP contribution in [0.1, 0.15) is 30.5 Å². The van der Waals surface area contributed by atoms with Crippen molar-refractivity contribution in [1.82, 2.24) is 24.9 Å². The number of anilines is 1. The van der Waals surface area contributed by atoms with Crippen LogP contribution in [0.15, 0.2) is 36.4 Å². The quantitative estimate of drug-likeness (QED) is 0.576. The number of hydrogen-bond acceptors (Lipinski definition) is 6. The summed E-state index contributed by atoms with van der Waals surface area (Å²) in [5.41, 5.74) is 8.15. The van der Waals surface area contributed by atoms with Crippen LogP contribution in [-0.4, -0.2) is 79.3 Å². The van der Waals surface area contributed by atoms with Crippen molar-refractivity contribution in [2.24, 2.45) is 5.92 Å². The molecule has 7 heteroatoms. The van der Waals surface area contributed by atoms with E-state index in [0.29, 0.717) is 19.1 Å². The van der Waals surface area contributed by atoms with Crippen LogP contribution in [-0.2, 0) is 17.7 Å². The molecule has 2 aromatic carbocycles. The normalized spacial score (nSPS) is 20.8. The lowest BCUT2D eigenvalue weighted by molar-refractivity contribution is 0.122. The van der Waals surface area contributed by atoms with Gasteiger partial charge in [0, 0.05) is 63.7 Å². The summed E-state index contributed by atoms with van der Waals surface area (Å²) in [4.78, 5) is 15.2. The molecule has 0 saturated carbocycles. The molecule has 1 atom stereocenters. The van der Waals surface area contributed by atoms with Crippen LogP contribution in [0.25, 0.3) is 22.2 Å². The van der Waals surface area contributed by atoms with E-state index in [-0.39, 0.29) is 0 Å². The molecule has 0 aliphatic carbocycles. The maximum Gasteiger partial charge on any atom is 0.300 e. The van der Waals surface area contributed by atoms with Gasteiger partial charge in [0.15, 0.2) is 0 Å². The van der Waals surface area contributed by atoms with Crippen molar-refractivity contribution < 1.29 is 4.74 Å². The molecule has 186 valence electrons. The summed E-state index contributed by atoms with van der Waals surface area (Å²) in [6.07, 6.45) is 3.04. The van der Waals surface area contributed by atoms with Crippen molar-refractivity contribution in [3.63, 3.8) is 0 Å². The second-order valence-corrected chi connectivity index (χ2v) is 10.2. The first-order valence-corrected chi connectivity index (χ1v) is 13.2. The first-order chi connectivity index (χ1) is 17.7. The molecule has 2 saturated heterocycles. The molecule has 0 spiro atoms. The molecule has 0 radical (unpaired) electrons. The number of ether oxygens (including phenoxy) is 1. The molecular formula is C29H35N6O+. The van der Waals surface area contributed by atoms with Gasteiger partial charge in [-0.05, 0) is 17.5 Å². The Morgan fingerprint density at radius 3 is 2.67 bits per heavy atom. The number of para-hydroxylation sites is 1. The zero-order chi connectivity index (χ0) is 24.5. The maximum atomic E-state index is 5.63. The lowest BCUT2D eigenvalue weighted by Gasteiger charge is -2.29. The van der Waals surface area contributed by atoms with E-state index in [0.717, 1.165) is 80.3 Å². The summed E-state index contributed by atoms with van der Waals surface area (Å²) in [5, 5.41) is 4.57. The van der Waals surface area contributed by atoms with E-state index >= 15 is 0 Å². The smallest absolute Gasteiger partial charge is 0.300 e. The number of nitrogens with zero attached hydrogens (tertiary/aromatic N) is 5. The second kappa shape index (κ2) is 10.1. The van der Waals surface area contributed by atoms with Gasteiger partial charge in [-0.15, -0.1) is 4.67 Å². The SMILES string of the molecule is CC1=[N+]=Cc2c(cccc2-c2nc(N3CCOCC3)nc3c(CN4CCNCC4)cccc23)CC1C. The Hall–Kier alpha value is -3.09. The summed E-state index contributed by atoms with van der Waals surface area (Å²) in [7, 11) is 0. The summed E-state index contributed by atoms with van der Waals surface area (Å²) in [6, 6.07) is 13.2. The molecule has 0 amide bonds. The largest absolute Gasteiger partial charge is 0.378 e. The standard InChI is InChI=1S/C29H35N6O/c1-20-17-22-5-3-7-24(26(22)18-31-21(20)2)28-25-8-4-6-23(19-34-11-9-30-10-12-34)27(25)32-29(33-28)35-13-15-36-16-14-35/h3-8,18,20,30H,9-17,19H2,1-2H3/q+1. The molecular weight excluding hydrogens is 448 g/mol. The van der Waals surface area contributed by atoms with Crippen molar-refractivity contribution >= 4 is 28.8 Å². The molecule has 0 bridgehead atoms. The van der Waals surface area contributed by atoms with E-state index in [2.05, 4.69) is 71.6 Å². The Bertz CT molecular complexity index is 1330. The van der Waals surface area contributed by atoms with Crippen molar-refractivity contribution in [2.75, 3.05) is 57.4 Å². The molecule has 3 aromatic rings. The number of piperazine rings is 1. The van der Waals surface area contributed by atoms with Gasteiger partial charge in [0.2, 0.25) is 5.95 Å².